The maximum absolute atomic E-state index is 11.5. The first-order valence-electron chi connectivity index (χ1n) is 7.11. The summed E-state index contributed by atoms with van der Waals surface area (Å²) in [6, 6.07) is 7.76. The Bertz CT molecular complexity index is 482. The first-order valence-corrected chi connectivity index (χ1v) is 7.49. The number of guanidine groups is 1. The van der Waals surface area contributed by atoms with Crippen LogP contribution in [0.4, 0.5) is 0 Å². The molecule has 0 radical (unpaired) electrons. The number of nitrogens with one attached hydrogen (secondary N) is 3. The van der Waals surface area contributed by atoms with Crippen molar-refractivity contribution < 1.29 is 4.79 Å². The van der Waals surface area contributed by atoms with E-state index in [0.29, 0.717) is 12.5 Å². The van der Waals surface area contributed by atoms with Crippen LogP contribution in [0.25, 0.3) is 0 Å². The quantitative estimate of drug-likeness (QED) is 0.347. The van der Waals surface area contributed by atoms with Crippen molar-refractivity contribution in [1.82, 2.24) is 16.0 Å². The van der Waals surface area contributed by atoms with Crippen molar-refractivity contribution in [3.05, 3.63) is 34.9 Å². The molecule has 1 amide bonds. The van der Waals surface area contributed by atoms with Gasteiger partial charge in [0.25, 0.3) is 0 Å². The summed E-state index contributed by atoms with van der Waals surface area (Å²) in [6.45, 7) is 3.65. The van der Waals surface area contributed by atoms with E-state index >= 15 is 0 Å². The summed E-state index contributed by atoms with van der Waals surface area (Å²) >= 11 is 5.94. The molecule has 0 bridgehead atoms. The zero-order valence-corrected chi connectivity index (χ0v) is 16.1. The van der Waals surface area contributed by atoms with Gasteiger partial charge in [0.15, 0.2) is 5.96 Å². The molecule has 1 rings (SSSR count). The van der Waals surface area contributed by atoms with Gasteiger partial charge in [0.2, 0.25) is 5.91 Å². The summed E-state index contributed by atoms with van der Waals surface area (Å²) in [7, 11) is 1.68. The lowest BCUT2D eigenvalue weighted by Crippen LogP contribution is -2.43. The van der Waals surface area contributed by atoms with Crippen LogP contribution in [0.5, 0.6) is 0 Å². The summed E-state index contributed by atoms with van der Waals surface area (Å²) in [5.74, 6) is 0.582. The summed E-state index contributed by atoms with van der Waals surface area (Å²) < 4.78 is 0. The molecule has 22 heavy (non-hydrogen) atoms. The van der Waals surface area contributed by atoms with Crippen molar-refractivity contribution in [1.29, 1.82) is 0 Å². The largest absolute Gasteiger partial charge is 0.356 e. The second-order valence-electron chi connectivity index (χ2n) is 4.58. The topological polar surface area (TPSA) is 65.5 Å². The SMILES string of the molecule is CCCNC(=O)CNC(=NC)NCCc1cccc(Cl)c1.I. The van der Waals surface area contributed by atoms with Crippen LogP contribution in [0.3, 0.4) is 0 Å². The summed E-state index contributed by atoms with van der Waals surface area (Å²) in [4.78, 5) is 15.6. The predicted octanol–water partition coefficient (Wildman–Crippen LogP) is 2.19. The molecule has 0 heterocycles. The minimum Gasteiger partial charge on any atom is -0.356 e. The number of carbonyl (C=O) groups excluding carboxylic acids is 1. The molecule has 0 aromatic heterocycles. The maximum atomic E-state index is 11.5. The highest BCUT2D eigenvalue weighted by atomic mass is 127. The Morgan fingerprint density at radius 2 is 2.00 bits per heavy atom. The highest BCUT2D eigenvalue weighted by Gasteiger charge is 2.02. The first-order chi connectivity index (χ1) is 10.2. The third-order valence-corrected chi connectivity index (χ3v) is 3.04. The number of benzene rings is 1. The molecule has 0 saturated heterocycles. The van der Waals surface area contributed by atoms with Gasteiger partial charge >= 0.3 is 0 Å². The lowest BCUT2D eigenvalue weighted by molar-refractivity contribution is -0.120. The molecule has 0 fully saturated rings. The zero-order chi connectivity index (χ0) is 15.5. The molecular formula is C15H24ClIN4O. The van der Waals surface area contributed by atoms with Crippen molar-refractivity contribution in [2.45, 2.75) is 19.8 Å². The number of amides is 1. The minimum atomic E-state index is -0.0327. The van der Waals surface area contributed by atoms with E-state index in [1.165, 1.54) is 0 Å². The van der Waals surface area contributed by atoms with Gasteiger partial charge in [-0.2, -0.15) is 0 Å². The summed E-state index contributed by atoms with van der Waals surface area (Å²) in [5, 5.41) is 9.68. The molecule has 5 nitrogen and oxygen atoms in total. The Labute approximate surface area is 154 Å². The van der Waals surface area contributed by atoms with Crippen molar-refractivity contribution >= 4 is 47.4 Å². The number of aliphatic imine (C=N–C) groups is 1. The monoisotopic (exact) mass is 438 g/mol. The van der Waals surface area contributed by atoms with Crippen LogP contribution in [-0.4, -0.2) is 38.5 Å². The summed E-state index contributed by atoms with van der Waals surface area (Å²) in [5.41, 5.74) is 1.16. The van der Waals surface area contributed by atoms with Gasteiger partial charge in [-0.3, -0.25) is 9.79 Å². The summed E-state index contributed by atoms with van der Waals surface area (Å²) in [6.07, 6.45) is 1.77. The second kappa shape index (κ2) is 12.5. The van der Waals surface area contributed by atoms with Crippen LogP contribution in [0.15, 0.2) is 29.3 Å². The molecule has 0 aliphatic heterocycles. The highest BCUT2D eigenvalue weighted by Crippen LogP contribution is 2.10. The number of nitrogens with zero attached hydrogens (tertiary/aromatic N) is 1. The first kappa shape index (κ1) is 21.0. The fourth-order valence-corrected chi connectivity index (χ4v) is 1.94. The maximum Gasteiger partial charge on any atom is 0.239 e. The van der Waals surface area contributed by atoms with E-state index in [0.717, 1.165) is 30.0 Å². The second-order valence-corrected chi connectivity index (χ2v) is 5.02. The molecule has 0 unspecified atom stereocenters. The average molecular weight is 439 g/mol. The third kappa shape index (κ3) is 9.09. The lowest BCUT2D eigenvalue weighted by Gasteiger charge is -2.12. The third-order valence-electron chi connectivity index (χ3n) is 2.81. The molecular weight excluding hydrogens is 415 g/mol. The molecule has 124 valence electrons. The zero-order valence-electron chi connectivity index (χ0n) is 13.0. The molecule has 0 spiro atoms. The highest BCUT2D eigenvalue weighted by molar-refractivity contribution is 14.0. The lowest BCUT2D eigenvalue weighted by atomic mass is 10.1. The molecule has 7 heteroatoms. The van der Waals surface area contributed by atoms with Gasteiger partial charge < -0.3 is 16.0 Å². The number of rotatable bonds is 7. The normalized spacial score (nSPS) is 10.6. The van der Waals surface area contributed by atoms with E-state index in [4.69, 9.17) is 11.6 Å². The van der Waals surface area contributed by atoms with Gasteiger partial charge in [-0.1, -0.05) is 30.7 Å². The van der Waals surface area contributed by atoms with E-state index in [9.17, 15) is 4.79 Å². The van der Waals surface area contributed by atoms with Gasteiger partial charge in [0.05, 0.1) is 6.54 Å². The van der Waals surface area contributed by atoms with E-state index in [1.54, 1.807) is 7.05 Å². The van der Waals surface area contributed by atoms with Crippen LogP contribution in [0.2, 0.25) is 5.02 Å². The Hall–Kier alpha value is -1.02. The van der Waals surface area contributed by atoms with E-state index in [-0.39, 0.29) is 36.4 Å². The Balaban J connectivity index is 0.00000441. The average Bonchev–Trinajstić information content (AvgIpc) is 2.48. The minimum absolute atomic E-state index is 0. The molecule has 0 saturated carbocycles. The van der Waals surface area contributed by atoms with E-state index in [2.05, 4.69) is 20.9 Å². The Kier molecular flexibility index (Phi) is 11.9. The Morgan fingerprint density at radius 1 is 1.23 bits per heavy atom. The number of hydrogen-bond donors (Lipinski definition) is 3. The van der Waals surface area contributed by atoms with Crippen molar-refractivity contribution in [2.75, 3.05) is 26.7 Å². The molecule has 1 aromatic carbocycles. The van der Waals surface area contributed by atoms with Gasteiger partial charge in [-0.15, -0.1) is 24.0 Å². The van der Waals surface area contributed by atoms with E-state index in [1.807, 2.05) is 31.2 Å². The fraction of sp³-hybridized carbons (Fsp3) is 0.467. The van der Waals surface area contributed by atoms with Gasteiger partial charge in [0, 0.05) is 25.2 Å². The van der Waals surface area contributed by atoms with Crippen LogP contribution in [-0.2, 0) is 11.2 Å². The van der Waals surface area contributed by atoms with Crippen molar-refractivity contribution in [3.8, 4) is 0 Å². The molecule has 0 aliphatic rings. The standard InChI is InChI=1S/C15H23ClN4O.HI/c1-3-8-18-14(21)11-20-15(17-2)19-9-7-12-5-4-6-13(16)10-12;/h4-6,10H,3,7-9,11H2,1-2H3,(H,18,21)(H2,17,19,20);1H. The van der Waals surface area contributed by atoms with Crippen molar-refractivity contribution in [3.63, 3.8) is 0 Å². The van der Waals surface area contributed by atoms with Gasteiger partial charge in [-0.05, 0) is 30.5 Å². The predicted molar refractivity (Wildman–Crippen MR) is 103 cm³/mol. The van der Waals surface area contributed by atoms with Crippen LogP contribution in [0, 0.1) is 0 Å². The number of halogens is 2. The smallest absolute Gasteiger partial charge is 0.239 e. The molecule has 0 atom stereocenters. The molecule has 0 aliphatic carbocycles. The fourth-order valence-electron chi connectivity index (χ4n) is 1.73. The van der Waals surface area contributed by atoms with Crippen LogP contribution < -0.4 is 16.0 Å². The molecule has 1 aromatic rings. The van der Waals surface area contributed by atoms with Gasteiger partial charge in [-0.25, -0.2) is 0 Å². The van der Waals surface area contributed by atoms with Crippen LogP contribution in [0.1, 0.15) is 18.9 Å². The number of hydrogen-bond acceptors (Lipinski definition) is 2. The van der Waals surface area contributed by atoms with Gasteiger partial charge in [0.1, 0.15) is 0 Å². The van der Waals surface area contributed by atoms with Crippen LogP contribution >= 0.6 is 35.6 Å². The van der Waals surface area contributed by atoms with Crippen molar-refractivity contribution in [2.24, 2.45) is 4.99 Å². The van der Waals surface area contributed by atoms with E-state index < -0.39 is 0 Å². The Morgan fingerprint density at radius 3 is 2.64 bits per heavy atom. The number of carbonyl (C=O) groups is 1. The molecule has 3 N–H and O–H groups in total.